The van der Waals surface area contributed by atoms with Gasteiger partial charge in [0, 0.05) is 6.54 Å². The maximum atomic E-state index is 13.5. The van der Waals surface area contributed by atoms with Gasteiger partial charge in [0.25, 0.3) is 0 Å². The van der Waals surface area contributed by atoms with Gasteiger partial charge in [0.2, 0.25) is 0 Å². The molecule has 0 radical (unpaired) electrons. The summed E-state index contributed by atoms with van der Waals surface area (Å²) in [7, 11) is 0. The minimum atomic E-state index is -4.40. The molecule has 1 aromatic rings. The first-order valence-corrected chi connectivity index (χ1v) is 8.32. The first-order chi connectivity index (χ1) is 11.6. The van der Waals surface area contributed by atoms with E-state index in [1.807, 2.05) is 0 Å². The van der Waals surface area contributed by atoms with Crippen LogP contribution in [-0.2, 0) is 4.74 Å². The highest BCUT2D eigenvalue weighted by molar-refractivity contribution is 5.68. The molecule has 25 heavy (non-hydrogen) atoms. The largest absolute Gasteiger partial charge is 0.491 e. The van der Waals surface area contributed by atoms with E-state index >= 15 is 0 Å². The Hall–Kier alpha value is -1.92. The molecule has 140 valence electrons. The second kappa shape index (κ2) is 7.54. The summed E-state index contributed by atoms with van der Waals surface area (Å²) in [6.45, 7) is 5.06. The first kappa shape index (κ1) is 19.4. The number of para-hydroxylation sites is 1. The molecule has 1 heterocycles. The lowest BCUT2D eigenvalue weighted by Crippen LogP contribution is -2.56. The van der Waals surface area contributed by atoms with E-state index in [1.165, 1.54) is 0 Å². The van der Waals surface area contributed by atoms with Gasteiger partial charge in [0.15, 0.2) is 0 Å². The van der Waals surface area contributed by atoms with E-state index in [4.69, 9.17) is 9.47 Å². The summed E-state index contributed by atoms with van der Waals surface area (Å²) in [6, 6.07) is 7.50. The number of amides is 1. The van der Waals surface area contributed by atoms with Crippen molar-refractivity contribution in [1.29, 1.82) is 0 Å². The molecule has 1 amide bonds. The molecule has 2 unspecified atom stereocenters. The highest BCUT2D eigenvalue weighted by Crippen LogP contribution is 2.38. The molecule has 1 aromatic carbocycles. The predicted molar refractivity (Wildman–Crippen MR) is 87.4 cm³/mol. The van der Waals surface area contributed by atoms with Gasteiger partial charge in [0.05, 0.1) is 12.0 Å². The van der Waals surface area contributed by atoms with Crippen LogP contribution in [0.15, 0.2) is 30.3 Å². The lowest BCUT2D eigenvalue weighted by molar-refractivity contribution is -0.202. The van der Waals surface area contributed by atoms with Gasteiger partial charge >= 0.3 is 12.3 Å². The molecule has 0 bridgehead atoms. The van der Waals surface area contributed by atoms with Crippen LogP contribution < -0.4 is 4.74 Å². The predicted octanol–water partition coefficient (Wildman–Crippen LogP) is 4.64. The van der Waals surface area contributed by atoms with Crippen molar-refractivity contribution in [2.75, 3.05) is 13.2 Å². The second-order valence-electron chi connectivity index (χ2n) is 7.16. The van der Waals surface area contributed by atoms with Crippen molar-refractivity contribution >= 4 is 6.09 Å². The highest BCUT2D eigenvalue weighted by atomic mass is 19.4. The van der Waals surface area contributed by atoms with Crippen molar-refractivity contribution in [3.63, 3.8) is 0 Å². The molecular formula is C18H24F3NO3. The van der Waals surface area contributed by atoms with Gasteiger partial charge in [-0.1, -0.05) is 18.2 Å². The Morgan fingerprint density at radius 1 is 1.20 bits per heavy atom. The molecule has 0 aromatic heterocycles. The van der Waals surface area contributed by atoms with E-state index in [2.05, 4.69) is 0 Å². The Labute approximate surface area is 145 Å². The Kier molecular flexibility index (Phi) is 5.85. The molecule has 1 fully saturated rings. The first-order valence-electron chi connectivity index (χ1n) is 8.32. The average Bonchev–Trinajstić information content (AvgIpc) is 2.51. The van der Waals surface area contributed by atoms with E-state index in [1.54, 1.807) is 51.1 Å². The Morgan fingerprint density at radius 3 is 2.40 bits per heavy atom. The van der Waals surface area contributed by atoms with Crippen molar-refractivity contribution in [2.45, 2.75) is 51.4 Å². The number of hydrogen-bond acceptors (Lipinski definition) is 3. The van der Waals surface area contributed by atoms with Crippen LogP contribution in [-0.4, -0.2) is 42.0 Å². The fraction of sp³-hybridized carbons (Fsp3) is 0.611. The van der Waals surface area contributed by atoms with Crippen LogP contribution in [0.3, 0.4) is 0 Å². The number of nitrogens with zero attached hydrogens (tertiary/aromatic N) is 1. The third-order valence-corrected chi connectivity index (χ3v) is 3.99. The second-order valence-corrected chi connectivity index (χ2v) is 7.16. The number of likely N-dealkylation sites (tertiary alicyclic amines) is 1. The summed E-state index contributed by atoms with van der Waals surface area (Å²) >= 11 is 0. The summed E-state index contributed by atoms with van der Waals surface area (Å²) in [5.74, 6) is -1.16. The lowest BCUT2D eigenvalue weighted by Gasteiger charge is -2.41. The zero-order valence-electron chi connectivity index (χ0n) is 14.7. The topological polar surface area (TPSA) is 38.8 Å². The van der Waals surface area contributed by atoms with Gasteiger partial charge in [-0.15, -0.1) is 0 Å². The third-order valence-electron chi connectivity index (χ3n) is 3.99. The maximum absolute atomic E-state index is 13.5. The summed E-state index contributed by atoms with van der Waals surface area (Å²) in [5, 5.41) is 0. The van der Waals surface area contributed by atoms with Gasteiger partial charge in [0.1, 0.15) is 18.0 Å². The van der Waals surface area contributed by atoms with Crippen LogP contribution in [0.1, 0.15) is 33.6 Å². The molecular weight excluding hydrogens is 335 g/mol. The molecule has 4 nitrogen and oxygen atoms in total. The molecule has 0 aliphatic carbocycles. The molecule has 2 rings (SSSR count). The van der Waals surface area contributed by atoms with Crippen molar-refractivity contribution < 1.29 is 27.4 Å². The number of alkyl halides is 3. The van der Waals surface area contributed by atoms with Crippen LogP contribution in [0.2, 0.25) is 0 Å². The Bertz CT molecular complexity index is 569. The highest BCUT2D eigenvalue weighted by Gasteiger charge is 2.50. The summed E-state index contributed by atoms with van der Waals surface area (Å²) in [6.07, 6.45) is -4.87. The van der Waals surface area contributed by atoms with Gasteiger partial charge < -0.3 is 14.4 Å². The van der Waals surface area contributed by atoms with E-state index in [-0.39, 0.29) is 26.0 Å². The standard InChI is InChI=1S/C18H24F3NO3/c1-17(2,3)25-16(23)22-11-7-10-14(18(19,20)21)15(22)12-24-13-8-5-4-6-9-13/h4-6,8-9,14-15H,7,10-12H2,1-3H3. The number of carbonyl (C=O) groups is 1. The summed E-state index contributed by atoms with van der Waals surface area (Å²) < 4.78 is 51.2. The van der Waals surface area contributed by atoms with Gasteiger partial charge in [-0.3, -0.25) is 0 Å². The molecule has 0 N–H and O–H groups in total. The van der Waals surface area contributed by atoms with Crippen molar-refractivity contribution in [3.05, 3.63) is 30.3 Å². The van der Waals surface area contributed by atoms with Crippen LogP contribution in [0, 0.1) is 5.92 Å². The summed E-state index contributed by atoms with van der Waals surface area (Å²) in [5.41, 5.74) is -0.771. The van der Waals surface area contributed by atoms with Gasteiger partial charge in [-0.05, 0) is 45.7 Å². The number of carbonyl (C=O) groups excluding carboxylic acids is 1. The molecule has 0 saturated carbocycles. The maximum Gasteiger partial charge on any atom is 0.410 e. The quantitative estimate of drug-likeness (QED) is 0.789. The van der Waals surface area contributed by atoms with Crippen LogP contribution >= 0.6 is 0 Å². The van der Waals surface area contributed by atoms with Gasteiger partial charge in [-0.25, -0.2) is 4.79 Å². The number of rotatable bonds is 3. The summed E-state index contributed by atoms with van der Waals surface area (Å²) in [4.78, 5) is 13.6. The number of hydrogen-bond donors (Lipinski definition) is 0. The fourth-order valence-electron chi connectivity index (χ4n) is 2.89. The van der Waals surface area contributed by atoms with Crippen LogP contribution in [0.25, 0.3) is 0 Å². The minimum Gasteiger partial charge on any atom is -0.491 e. The van der Waals surface area contributed by atoms with E-state index in [9.17, 15) is 18.0 Å². The monoisotopic (exact) mass is 359 g/mol. The van der Waals surface area contributed by atoms with E-state index in [0.717, 1.165) is 4.90 Å². The molecule has 0 spiro atoms. The normalized spacial score (nSPS) is 21.8. The zero-order chi connectivity index (χ0) is 18.7. The molecule has 7 heteroatoms. The smallest absolute Gasteiger partial charge is 0.410 e. The van der Waals surface area contributed by atoms with Crippen LogP contribution in [0.4, 0.5) is 18.0 Å². The lowest BCUT2D eigenvalue weighted by atomic mass is 9.89. The number of halogens is 3. The molecule has 1 aliphatic rings. The number of benzene rings is 1. The average molecular weight is 359 g/mol. The zero-order valence-corrected chi connectivity index (χ0v) is 14.7. The Balaban J connectivity index is 2.18. The van der Waals surface area contributed by atoms with Crippen molar-refractivity contribution in [3.8, 4) is 5.75 Å². The molecule has 1 aliphatic heterocycles. The number of ether oxygens (including phenoxy) is 2. The SMILES string of the molecule is CC(C)(C)OC(=O)N1CCCC(C(F)(F)F)C1COc1ccccc1. The number of piperidine rings is 1. The molecule has 1 saturated heterocycles. The fourth-order valence-corrected chi connectivity index (χ4v) is 2.89. The Morgan fingerprint density at radius 2 is 1.84 bits per heavy atom. The van der Waals surface area contributed by atoms with E-state index in [0.29, 0.717) is 5.75 Å². The van der Waals surface area contributed by atoms with Crippen molar-refractivity contribution in [2.24, 2.45) is 5.92 Å². The van der Waals surface area contributed by atoms with Crippen LogP contribution in [0.5, 0.6) is 5.75 Å². The molecule has 2 atom stereocenters. The van der Waals surface area contributed by atoms with Crippen molar-refractivity contribution in [1.82, 2.24) is 4.90 Å². The van der Waals surface area contributed by atoms with E-state index < -0.39 is 29.8 Å². The van der Waals surface area contributed by atoms with Gasteiger partial charge in [-0.2, -0.15) is 13.2 Å². The third kappa shape index (κ3) is 5.54. The minimum absolute atomic E-state index is 0.0222.